The summed E-state index contributed by atoms with van der Waals surface area (Å²) in [5, 5.41) is 3.53. The van der Waals surface area contributed by atoms with Crippen LogP contribution in [0.25, 0.3) is 0 Å². The van der Waals surface area contributed by atoms with E-state index >= 15 is 0 Å². The van der Waals surface area contributed by atoms with Gasteiger partial charge in [-0.05, 0) is 73.9 Å². The highest BCUT2D eigenvalue weighted by atomic mass is 79.9. The molecule has 1 fully saturated rings. The number of rotatable bonds is 5. The van der Waals surface area contributed by atoms with E-state index in [4.69, 9.17) is 4.74 Å². The minimum atomic E-state index is 0.550. The standard InChI is InChI=1S/C14H19Br2NO/c1-14(2)6-10(14)8-17-7-9-4-11(15)13(18-3)12(16)5-9/h4-5,10,17H,6-8H2,1-3H3. The van der Waals surface area contributed by atoms with Crippen LogP contribution >= 0.6 is 31.9 Å². The van der Waals surface area contributed by atoms with Crippen LogP contribution in [0.5, 0.6) is 5.75 Å². The Balaban J connectivity index is 1.90. The van der Waals surface area contributed by atoms with Crippen molar-refractivity contribution in [3.8, 4) is 5.75 Å². The molecule has 1 atom stereocenters. The van der Waals surface area contributed by atoms with Gasteiger partial charge in [-0.2, -0.15) is 0 Å². The molecule has 0 radical (unpaired) electrons. The van der Waals surface area contributed by atoms with Crippen LogP contribution in [0.2, 0.25) is 0 Å². The van der Waals surface area contributed by atoms with Gasteiger partial charge in [0.1, 0.15) is 5.75 Å². The van der Waals surface area contributed by atoms with Gasteiger partial charge in [-0.25, -0.2) is 0 Å². The zero-order chi connectivity index (χ0) is 13.3. The van der Waals surface area contributed by atoms with Crippen molar-refractivity contribution in [3.05, 3.63) is 26.6 Å². The lowest BCUT2D eigenvalue weighted by Gasteiger charge is -2.10. The number of benzene rings is 1. The Labute approximate surface area is 126 Å². The Morgan fingerprint density at radius 1 is 1.33 bits per heavy atom. The first-order valence-corrected chi connectivity index (χ1v) is 7.75. The summed E-state index contributed by atoms with van der Waals surface area (Å²) in [6.07, 6.45) is 1.34. The Hall–Kier alpha value is -0.0600. The Kier molecular flexibility index (Phi) is 4.40. The van der Waals surface area contributed by atoms with E-state index in [1.165, 1.54) is 12.0 Å². The van der Waals surface area contributed by atoms with E-state index in [0.29, 0.717) is 5.41 Å². The first kappa shape index (κ1) is 14.4. The molecule has 1 aromatic rings. The van der Waals surface area contributed by atoms with Gasteiger partial charge in [-0.3, -0.25) is 0 Å². The molecule has 18 heavy (non-hydrogen) atoms. The second-order valence-electron chi connectivity index (χ2n) is 5.61. The minimum Gasteiger partial charge on any atom is -0.494 e. The third kappa shape index (κ3) is 3.28. The maximum atomic E-state index is 5.30. The summed E-state index contributed by atoms with van der Waals surface area (Å²) >= 11 is 7.05. The molecule has 0 saturated heterocycles. The smallest absolute Gasteiger partial charge is 0.147 e. The van der Waals surface area contributed by atoms with Gasteiger partial charge in [0.25, 0.3) is 0 Å². The highest BCUT2D eigenvalue weighted by molar-refractivity contribution is 9.11. The largest absolute Gasteiger partial charge is 0.494 e. The van der Waals surface area contributed by atoms with Gasteiger partial charge in [0.2, 0.25) is 0 Å². The van der Waals surface area contributed by atoms with Crippen molar-refractivity contribution in [1.82, 2.24) is 5.32 Å². The molecule has 0 amide bonds. The maximum Gasteiger partial charge on any atom is 0.147 e. The molecule has 2 rings (SSSR count). The zero-order valence-corrected chi connectivity index (χ0v) is 14.2. The van der Waals surface area contributed by atoms with Crippen molar-refractivity contribution in [3.63, 3.8) is 0 Å². The molecule has 1 unspecified atom stereocenters. The molecule has 1 N–H and O–H groups in total. The number of ether oxygens (including phenoxy) is 1. The molecule has 0 heterocycles. The molecule has 0 spiro atoms. The predicted octanol–water partition coefficient (Wildman–Crippen LogP) is 4.36. The van der Waals surface area contributed by atoms with E-state index in [2.05, 4.69) is 63.2 Å². The van der Waals surface area contributed by atoms with E-state index in [1.807, 2.05) is 0 Å². The van der Waals surface area contributed by atoms with Crippen LogP contribution < -0.4 is 10.1 Å². The molecule has 0 aliphatic heterocycles. The summed E-state index contributed by atoms with van der Waals surface area (Å²) in [6, 6.07) is 4.21. The third-order valence-corrected chi connectivity index (χ3v) is 4.88. The fourth-order valence-electron chi connectivity index (χ4n) is 2.22. The second-order valence-corrected chi connectivity index (χ2v) is 7.32. The normalized spacial score (nSPS) is 20.8. The summed E-state index contributed by atoms with van der Waals surface area (Å²) in [5.41, 5.74) is 1.81. The molecule has 4 heteroatoms. The molecular weight excluding hydrogens is 358 g/mol. The molecule has 0 aromatic heterocycles. The highest BCUT2D eigenvalue weighted by Gasteiger charge is 2.44. The summed E-state index contributed by atoms with van der Waals surface area (Å²) in [4.78, 5) is 0. The van der Waals surface area contributed by atoms with Crippen molar-refractivity contribution in [2.24, 2.45) is 11.3 Å². The average Bonchev–Trinajstić information content (AvgIpc) is 2.86. The lowest BCUT2D eigenvalue weighted by Crippen LogP contribution is -2.18. The van der Waals surface area contributed by atoms with Crippen molar-refractivity contribution in [2.45, 2.75) is 26.8 Å². The number of halogens is 2. The van der Waals surface area contributed by atoms with E-state index in [-0.39, 0.29) is 0 Å². The van der Waals surface area contributed by atoms with Gasteiger partial charge in [-0.15, -0.1) is 0 Å². The molecule has 1 saturated carbocycles. The van der Waals surface area contributed by atoms with E-state index < -0.39 is 0 Å². The number of nitrogens with one attached hydrogen (secondary N) is 1. The van der Waals surface area contributed by atoms with Crippen molar-refractivity contribution in [2.75, 3.05) is 13.7 Å². The van der Waals surface area contributed by atoms with Crippen LogP contribution in [0.4, 0.5) is 0 Å². The Morgan fingerprint density at radius 2 is 1.89 bits per heavy atom. The van der Waals surface area contributed by atoms with Crippen LogP contribution in [0, 0.1) is 11.3 Å². The molecule has 1 aliphatic rings. The van der Waals surface area contributed by atoms with Crippen molar-refractivity contribution >= 4 is 31.9 Å². The molecule has 1 aromatic carbocycles. The number of hydrogen-bond donors (Lipinski definition) is 1. The lowest BCUT2D eigenvalue weighted by molar-refractivity contribution is 0.409. The fraction of sp³-hybridized carbons (Fsp3) is 0.571. The SMILES string of the molecule is COc1c(Br)cc(CNCC2CC2(C)C)cc1Br. The van der Waals surface area contributed by atoms with Gasteiger partial charge in [-0.1, -0.05) is 13.8 Å². The second kappa shape index (κ2) is 5.51. The van der Waals surface area contributed by atoms with Crippen molar-refractivity contribution in [1.29, 1.82) is 0 Å². The van der Waals surface area contributed by atoms with Crippen molar-refractivity contribution < 1.29 is 4.74 Å². The summed E-state index contributed by atoms with van der Waals surface area (Å²) in [5.74, 6) is 1.68. The zero-order valence-electron chi connectivity index (χ0n) is 11.0. The Bertz CT molecular complexity index is 422. The average molecular weight is 377 g/mol. The van der Waals surface area contributed by atoms with Crippen LogP contribution in [-0.4, -0.2) is 13.7 Å². The fourth-order valence-corrected chi connectivity index (χ4v) is 3.83. The third-order valence-electron chi connectivity index (χ3n) is 3.70. The monoisotopic (exact) mass is 375 g/mol. The molecular formula is C14H19Br2NO. The maximum absolute atomic E-state index is 5.30. The van der Waals surface area contributed by atoms with Gasteiger partial charge in [0.05, 0.1) is 16.1 Å². The molecule has 0 bridgehead atoms. The van der Waals surface area contributed by atoms with Crippen LogP contribution in [-0.2, 0) is 6.54 Å². The quantitative estimate of drug-likeness (QED) is 0.824. The van der Waals surface area contributed by atoms with E-state index in [1.54, 1.807) is 7.11 Å². The summed E-state index contributed by atoms with van der Waals surface area (Å²) < 4.78 is 7.27. The van der Waals surface area contributed by atoms with Crippen LogP contribution in [0.15, 0.2) is 21.1 Å². The molecule has 1 aliphatic carbocycles. The topological polar surface area (TPSA) is 21.3 Å². The molecule has 2 nitrogen and oxygen atoms in total. The Morgan fingerprint density at radius 3 is 2.33 bits per heavy atom. The van der Waals surface area contributed by atoms with E-state index in [9.17, 15) is 0 Å². The summed E-state index contributed by atoms with van der Waals surface area (Å²) in [7, 11) is 1.68. The van der Waals surface area contributed by atoms with Gasteiger partial charge < -0.3 is 10.1 Å². The van der Waals surface area contributed by atoms with Crippen LogP contribution in [0.1, 0.15) is 25.8 Å². The number of methoxy groups -OCH3 is 1. The van der Waals surface area contributed by atoms with Gasteiger partial charge in [0, 0.05) is 6.54 Å². The number of hydrogen-bond acceptors (Lipinski definition) is 2. The first-order chi connectivity index (χ1) is 8.44. The highest BCUT2D eigenvalue weighted by Crippen LogP contribution is 2.51. The van der Waals surface area contributed by atoms with Gasteiger partial charge in [0.15, 0.2) is 0 Å². The summed E-state index contributed by atoms with van der Waals surface area (Å²) in [6.45, 7) is 6.67. The van der Waals surface area contributed by atoms with Gasteiger partial charge >= 0.3 is 0 Å². The van der Waals surface area contributed by atoms with E-state index in [0.717, 1.165) is 33.7 Å². The predicted molar refractivity (Wildman–Crippen MR) is 82.0 cm³/mol. The minimum absolute atomic E-state index is 0.550. The molecule has 100 valence electrons. The lowest BCUT2D eigenvalue weighted by atomic mass is 10.1. The van der Waals surface area contributed by atoms with Crippen LogP contribution in [0.3, 0.4) is 0 Å². The first-order valence-electron chi connectivity index (χ1n) is 6.16.